The Morgan fingerprint density at radius 1 is 1.47 bits per heavy atom. The van der Waals surface area contributed by atoms with Gasteiger partial charge in [-0.15, -0.1) is 24.8 Å². The van der Waals surface area contributed by atoms with Gasteiger partial charge in [-0.1, -0.05) is 13.0 Å². The zero-order valence-corrected chi connectivity index (χ0v) is 12.6. The predicted molar refractivity (Wildman–Crippen MR) is 81.3 cm³/mol. The van der Waals surface area contributed by atoms with Crippen LogP contribution in [0.25, 0.3) is 0 Å². The molecule has 0 bridgehead atoms. The van der Waals surface area contributed by atoms with Gasteiger partial charge in [0, 0.05) is 19.3 Å². The van der Waals surface area contributed by atoms with Crippen LogP contribution >= 0.6 is 24.8 Å². The lowest BCUT2D eigenvalue weighted by molar-refractivity contribution is 0.0919. The number of nitrogens with one attached hydrogen (secondary N) is 2. The SMILES string of the molecule is CC1(CNC(=O)c2ccccn2)CCCNC1.Cl.Cl. The summed E-state index contributed by atoms with van der Waals surface area (Å²) in [5.74, 6) is -0.0857. The highest BCUT2D eigenvalue weighted by Crippen LogP contribution is 2.24. The number of nitrogens with zero attached hydrogens (tertiary/aromatic N) is 1. The highest BCUT2D eigenvalue weighted by Gasteiger charge is 2.27. The van der Waals surface area contributed by atoms with E-state index in [2.05, 4.69) is 22.5 Å². The van der Waals surface area contributed by atoms with Gasteiger partial charge in [-0.2, -0.15) is 0 Å². The van der Waals surface area contributed by atoms with Crippen molar-refractivity contribution in [3.8, 4) is 0 Å². The molecule has 2 N–H and O–H groups in total. The number of carbonyl (C=O) groups is 1. The van der Waals surface area contributed by atoms with Gasteiger partial charge in [0.1, 0.15) is 5.69 Å². The van der Waals surface area contributed by atoms with Crippen LogP contribution in [0.15, 0.2) is 24.4 Å². The third-order valence-corrected chi connectivity index (χ3v) is 3.26. The first-order valence-corrected chi connectivity index (χ1v) is 6.10. The first kappa shape index (κ1) is 18.2. The van der Waals surface area contributed by atoms with Gasteiger partial charge in [0.25, 0.3) is 5.91 Å². The summed E-state index contributed by atoms with van der Waals surface area (Å²) in [6, 6.07) is 5.37. The molecule has 0 aliphatic carbocycles. The average molecular weight is 306 g/mol. The number of hydrogen-bond acceptors (Lipinski definition) is 3. The molecule has 108 valence electrons. The molecule has 1 unspecified atom stereocenters. The van der Waals surface area contributed by atoms with E-state index in [1.807, 2.05) is 12.1 Å². The quantitative estimate of drug-likeness (QED) is 0.898. The smallest absolute Gasteiger partial charge is 0.269 e. The van der Waals surface area contributed by atoms with Crippen LogP contribution in [0.3, 0.4) is 0 Å². The van der Waals surface area contributed by atoms with E-state index in [4.69, 9.17) is 0 Å². The lowest BCUT2D eigenvalue weighted by Crippen LogP contribution is -2.45. The number of piperidine rings is 1. The zero-order valence-electron chi connectivity index (χ0n) is 11.0. The minimum Gasteiger partial charge on any atom is -0.350 e. The highest BCUT2D eigenvalue weighted by atomic mass is 35.5. The van der Waals surface area contributed by atoms with Crippen molar-refractivity contribution in [1.29, 1.82) is 0 Å². The third-order valence-electron chi connectivity index (χ3n) is 3.26. The Morgan fingerprint density at radius 3 is 2.84 bits per heavy atom. The Kier molecular flexibility index (Phi) is 7.99. The largest absolute Gasteiger partial charge is 0.350 e. The maximum Gasteiger partial charge on any atom is 0.269 e. The number of halogens is 2. The van der Waals surface area contributed by atoms with Crippen LogP contribution in [-0.2, 0) is 0 Å². The molecule has 0 saturated carbocycles. The number of rotatable bonds is 3. The fourth-order valence-corrected chi connectivity index (χ4v) is 2.15. The Bertz CT molecular complexity index is 381. The van der Waals surface area contributed by atoms with Crippen molar-refractivity contribution < 1.29 is 4.79 Å². The molecule has 1 aromatic heterocycles. The van der Waals surface area contributed by atoms with E-state index in [-0.39, 0.29) is 36.1 Å². The molecule has 1 atom stereocenters. The van der Waals surface area contributed by atoms with E-state index in [9.17, 15) is 4.79 Å². The van der Waals surface area contributed by atoms with E-state index < -0.39 is 0 Å². The molecular weight excluding hydrogens is 285 g/mol. The lowest BCUT2D eigenvalue weighted by Gasteiger charge is -2.34. The molecule has 1 aliphatic heterocycles. The number of carbonyl (C=O) groups excluding carboxylic acids is 1. The van der Waals surface area contributed by atoms with Crippen molar-refractivity contribution in [3.63, 3.8) is 0 Å². The van der Waals surface area contributed by atoms with Gasteiger partial charge in [-0.05, 0) is 36.9 Å². The second kappa shape index (κ2) is 8.35. The summed E-state index contributed by atoms with van der Waals surface area (Å²) in [6.07, 6.45) is 3.97. The number of pyridine rings is 1. The van der Waals surface area contributed by atoms with Crippen molar-refractivity contribution in [2.75, 3.05) is 19.6 Å². The molecule has 6 heteroatoms. The minimum absolute atomic E-state index is 0. The van der Waals surface area contributed by atoms with Crippen LogP contribution < -0.4 is 10.6 Å². The molecule has 0 spiro atoms. The number of hydrogen-bond donors (Lipinski definition) is 2. The van der Waals surface area contributed by atoms with Crippen LogP contribution in [0.4, 0.5) is 0 Å². The maximum absolute atomic E-state index is 11.8. The van der Waals surface area contributed by atoms with E-state index in [0.717, 1.165) is 19.5 Å². The predicted octanol–water partition coefficient (Wildman–Crippen LogP) is 2.04. The van der Waals surface area contributed by atoms with Crippen molar-refractivity contribution in [2.45, 2.75) is 19.8 Å². The molecule has 4 nitrogen and oxygen atoms in total. The molecule has 1 aromatic rings. The summed E-state index contributed by atoms with van der Waals surface area (Å²) in [6.45, 7) is 4.96. The van der Waals surface area contributed by atoms with Crippen LogP contribution in [0.2, 0.25) is 0 Å². The van der Waals surface area contributed by atoms with Gasteiger partial charge in [0.2, 0.25) is 0 Å². The summed E-state index contributed by atoms with van der Waals surface area (Å²) in [4.78, 5) is 15.9. The van der Waals surface area contributed by atoms with Crippen molar-refractivity contribution >= 4 is 30.7 Å². The van der Waals surface area contributed by atoms with Gasteiger partial charge >= 0.3 is 0 Å². The van der Waals surface area contributed by atoms with Crippen LogP contribution in [0.1, 0.15) is 30.3 Å². The zero-order chi connectivity index (χ0) is 12.1. The topological polar surface area (TPSA) is 54.0 Å². The Hall–Kier alpha value is -0.840. The minimum atomic E-state index is -0.0857. The van der Waals surface area contributed by atoms with E-state index in [1.54, 1.807) is 12.3 Å². The molecular formula is C13H21Cl2N3O. The fraction of sp³-hybridized carbons (Fsp3) is 0.538. The molecule has 0 aromatic carbocycles. The standard InChI is InChI=1S/C13H19N3O.2ClH/c1-13(6-4-7-14-9-13)10-16-12(17)11-5-2-3-8-15-11;;/h2-3,5,8,14H,4,6-7,9-10H2,1H3,(H,16,17);2*1H. The van der Waals surface area contributed by atoms with Gasteiger partial charge in [0.15, 0.2) is 0 Å². The maximum atomic E-state index is 11.8. The molecule has 1 saturated heterocycles. The van der Waals surface area contributed by atoms with Crippen molar-refractivity contribution in [3.05, 3.63) is 30.1 Å². The van der Waals surface area contributed by atoms with E-state index >= 15 is 0 Å². The van der Waals surface area contributed by atoms with Crippen molar-refractivity contribution in [1.82, 2.24) is 15.6 Å². The second-order valence-corrected chi connectivity index (χ2v) is 4.99. The highest BCUT2D eigenvalue weighted by molar-refractivity contribution is 5.92. The average Bonchev–Trinajstić information content (AvgIpc) is 2.38. The Balaban J connectivity index is 0.00000162. The molecule has 1 amide bonds. The summed E-state index contributed by atoms with van der Waals surface area (Å²) in [5, 5.41) is 6.34. The van der Waals surface area contributed by atoms with Gasteiger partial charge < -0.3 is 10.6 Å². The van der Waals surface area contributed by atoms with Gasteiger partial charge in [-0.3, -0.25) is 9.78 Å². The van der Waals surface area contributed by atoms with Crippen LogP contribution in [-0.4, -0.2) is 30.5 Å². The van der Waals surface area contributed by atoms with Gasteiger partial charge in [-0.25, -0.2) is 0 Å². The fourth-order valence-electron chi connectivity index (χ4n) is 2.15. The van der Waals surface area contributed by atoms with E-state index in [0.29, 0.717) is 12.2 Å². The van der Waals surface area contributed by atoms with Crippen LogP contribution in [0, 0.1) is 5.41 Å². The second-order valence-electron chi connectivity index (χ2n) is 4.99. The molecule has 2 rings (SSSR count). The van der Waals surface area contributed by atoms with Gasteiger partial charge in [0.05, 0.1) is 0 Å². The Labute approximate surface area is 126 Å². The summed E-state index contributed by atoms with van der Waals surface area (Å²) < 4.78 is 0. The summed E-state index contributed by atoms with van der Waals surface area (Å²) in [5.41, 5.74) is 0.655. The number of aromatic nitrogens is 1. The Morgan fingerprint density at radius 2 is 2.26 bits per heavy atom. The first-order chi connectivity index (χ1) is 8.20. The molecule has 2 heterocycles. The molecule has 19 heavy (non-hydrogen) atoms. The normalized spacial score (nSPS) is 21.7. The molecule has 1 aliphatic rings. The lowest BCUT2D eigenvalue weighted by atomic mass is 9.83. The molecule has 1 fully saturated rings. The van der Waals surface area contributed by atoms with Crippen molar-refractivity contribution in [2.24, 2.45) is 5.41 Å². The summed E-state index contributed by atoms with van der Waals surface area (Å²) in [7, 11) is 0. The molecule has 0 radical (unpaired) electrons. The monoisotopic (exact) mass is 305 g/mol. The first-order valence-electron chi connectivity index (χ1n) is 6.10. The van der Waals surface area contributed by atoms with Crippen LogP contribution in [0.5, 0.6) is 0 Å². The third kappa shape index (κ3) is 5.35. The summed E-state index contributed by atoms with van der Waals surface area (Å²) >= 11 is 0. The van der Waals surface area contributed by atoms with E-state index in [1.165, 1.54) is 6.42 Å². The number of amides is 1.